The lowest BCUT2D eigenvalue weighted by molar-refractivity contribution is -0.384. The Hall–Kier alpha value is -3.48. The number of nitro benzene ring substituents is 1. The number of nitrogens with zero attached hydrogens (tertiary/aromatic N) is 2. The van der Waals surface area contributed by atoms with Crippen molar-refractivity contribution in [2.75, 3.05) is 13.1 Å². The van der Waals surface area contributed by atoms with Crippen LogP contribution < -0.4 is 4.74 Å². The van der Waals surface area contributed by atoms with Crippen LogP contribution >= 0.6 is 0 Å². The molecule has 0 atom stereocenters. The fourth-order valence-corrected chi connectivity index (χ4v) is 4.00. The van der Waals surface area contributed by atoms with Crippen LogP contribution in [0.1, 0.15) is 40.7 Å². The molecule has 0 radical (unpaired) electrons. The average Bonchev–Trinajstić information content (AvgIpc) is 2.73. The van der Waals surface area contributed by atoms with Crippen molar-refractivity contribution >= 4 is 23.5 Å². The standard InChI is InChI=1S/C23H22N2O5/c1-16-2-8-21-19(14-16)20(26)15-23(30-21)10-12-24(13-11-23)22(27)9-5-17-3-6-18(7-4-17)25(28)29/h2-9,14H,10-13,15H2,1H3/b9-5+. The fraction of sp³-hybridized carbons (Fsp3) is 0.304. The predicted molar refractivity (Wildman–Crippen MR) is 111 cm³/mol. The molecule has 30 heavy (non-hydrogen) atoms. The molecule has 1 amide bonds. The molecule has 154 valence electrons. The van der Waals surface area contributed by atoms with Gasteiger partial charge in [0, 0.05) is 44.1 Å². The van der Waals surface area contributed by atoms with Crippen LogP contribution in [0, 0.1) is 17.0 Å². The van der Waals surface area contributed by atoms with Crippen molar-refractivity contribution in [2.45, 2.75) is 31.8 Å². The second kappa shape index (κ2) is 7.74. The Labute approximate surface area is 174 Å². The van der Waals surface area contributed by atoms with E-state index in [-0.39, 0.29) is 17.4 Å². The summed E-state index contributed by atoms with van der Waals surface area (Å²) in [5.74, 6) is 0.605. The summed E-state index contributed by atoms with van der Waals surface area (Å²) in [6.45, 7) is 2.97. The first-order chi connectivity index (χ1) is 14.3. The molecule has 2 aromatic rings. The zero-order valence-electron chi connectivity index (χ0n) is 16.7. The summed E-state index contributed by atoms with van der Waals surface area (Å²) in [7, 11) is 0. The molecule has 2 aliphatic heterocycles. The Bertz CT molecular complexity index is 1030. The number of fused-ring (bicyclic) bond motifs is 1. The van der Waals surface area contributed by atoms with Gasteiger partial charge in [-0.15, -0.1) is 0 Å². The molecule has 2 heterocycles. The van der Waals surface area contributed by atoms with Crippen LogP contribution in [0.25, 0.3) is 6.08 Å². The number of hydrogen-bond donors (Lipinski definition) is 0. The molecule has 4 rings (SSSR count). The van der Waals surface area contributed by atoms with Gasteiger partial charge in [-0.25, -0.2) is 0 Å². The highest BCUT2D eigenvalue weighted by Crippen LogP contribution is 2.39. The number of ether oxygens (including phenoxy) is 1. The van der Waals surface area contributed by atoms with E-state index in [0.717, 1.165) is 11.1 Å². The summed E-state index contributed by atoms with van der Waals surface area (Å²) in [6.07, 6.45) is 4.66. The third-order valence-corrected chi connectivity index (χ3v) is 5.75. The number of carbonyl (C=O) groups is 2. The van der Waals surface area contributed by atoms with Crippen LogP contribution in [0.15, 0.2) is 48.5 Å². The van der Waals surface area contributed by atoms with Gasteiger partial charge in [0.25, 0.3) is 5.69 Å². The molecule has 0 aliphatic carbocycles. The number of nitro groups is 1. The SMILES string of the molecule is Cc1ccc2c(c1)C(=O)CC1(CCN(C(=O)/C=C/c3ccc([N+](=O)[O-])cc3)CC1)O2. The van der Waals surface area contributed by atoms with Gasteiger partial charge in [0.1, 0.15) is 11.4 Å². The second-order valence-electron chi connectivity index (χ2n) is 7.89. The van der Waals surface area contributed by atoms with E-state index in [1.807, 2.05) is 25.1 Å². The van der Waals surface area contributed by atoms with Gasteiger partial charge in [0.2, 0.25) is 5.91 Å². The van der Waals surface area contributed by atoms with E-state index < -0.39 is 10.5 Å². The lowest BCUT2D eigenvalue weighted by atomic mass is 9.82. The van der Waals surface area contributed by atoms with Gasteiger partial charge in [-0.3, -0.25) is 19.7 Å². The van der Waals surface area contributed by atoms with E-state index in [0.29, 0.717) is 43.7 Å². The van der Waals surface area contributed by atoms with E-state index in [4.69, 9.17) is 4.74 Å². The van der Waals surface area contributed by atoms with Crippen LogP contribution in [-0.2, 0) is 4.79 Å². The van der Waals surface area contributed by atoms with Gasteiger partial charge >= 0.3 is 0 Å². The topological polar surface area (TPSA) is 89.8 Å². The normalized spacial score (nSPS) is 17.6. The first-order valence-electron chi connectivity index (χ1n) is 9.90. The first kappa shape index (κ1) is 19.8. The smallest absolute Gasteiger partial charge is 0.269 e. The fourth-order valence-electron chi connectivity index (χ4n) is 4.00. The first-order valence-corrected chi connectivity index (χ1v) is 9.90. The maximum absolute atomic E-state index is 12.6. The molecule has 0 saturated carbocycles. The minimum absolute atomic E-state index is 0.0126. The molecule has 2 aromatic carbocycles. The number of carbonyl (C=O) groups excluding carboxylic acids is 2. The van der Waals surface area contributed by atoms with E-state index in [9.17, 15) is 19.7 Å². The number of ketones is 1. The number of piperidine rings is 1. The van der Waals surface area contributed by atoms with Gasteiger partial charge < -0.3 is 9.64 Å². The van der Waals surface area contributed by atoms with Crippen LogP contribution in [0.2, 0.25) is 0 Å². The van der Waals surface area contributed by atoms with Gasteiger partial charge in [-0.2, -0.15) is 0 Å². The quantitative estimate of drug-likeness (QED) is 0.437. The Morgan fingerprint density at radius 2 is 1.87 bits per heavy atom. The summed E-state index contributed by atoms with van der Waals surface area (Å²) in [5.41, 5.74) is 1.86. The number of non-ortho nitro benzene ring substituents is 1. The molecule has 7 nitrogen and oxygen atoms in total. The third kappa shape index (κ3) is 3.96. The largest absolute Gasteiger partial charge is 0.486 e. The molecule has 0 N–H and O–H groups in total. The summed E-state index contributed by atoms with van der Waals surface area (Å²) in [6, 6.07) is 11.7. The van der Waals surface area contributed by atoms with Crippen LogP contribution in [0.4, 0.5) is 5.69 Å². The molecule has 1 fully saturated rings. The number of Topliss-reactive ketones (excluding diaryl/α,β-unsaturated/α-hetero) is 1. The number of amides is 1. The highest BCUT2D eigenvalue weighted by Gasteiger charge is 2.43. The minimum atomic E-state index is -0.543. The van der Waals surface area contributed by atoms with Crippen molar-refractivity contribution in [3.63, 3.8) is 0 Å². The van der Waals surface area contributed by atoms with Crippen LogP contribution in [-0.4, -0.2) is 40.2 Å². The third-order valence-electron chi connectivity index (χ3n) is 5.75. The summed E-state index contributed by atoms with van der Waals surface area (Å²) < 4.78 is 6.24. The van der Waals surface area contributed by atoms with Gasteiger partial charge in [-0.05, 0) is 42.8 Å². The second-order valence-corrected chi connectivity index (χ2v) is 7.89. The summed E-state index contributed by atoms with van der Waals surface area (Å²) in [4.78, 5) is 37.2. The van der Waals surface area contributed by atoms with Crippen molar-refractivity contribution in [2.24, 2.45) is 0 Å². The molecular weight excluding hydrogens is 384 g/mol. The van der Waals surface area contributed by atoms with Crippen LogP contribution in [0.3, 0.4) is 0 Å². The lowest BCUT2D eigenvalue weighted by Gasteiger charge is -2.43. The zero-order chi connectivity index (χ0) is 21.3. The number of benzene rings is 2. The maximum Gasteiger partial charge on any atom is 0.269 e. The number of hydrogen-bond acceptors (Lipinski definition) is 5. The molecule has 0 unspecified atom stereocenters. The minimum Gasteiger partial charge on any atom is -0.486 e. The maximum atomic E-state index is 12.6. The van der Waals surface area contributed by atoms with Gasteiger partial charge in [0.15, 0.2) is 5.78 Å². The summed E-state index contributed by atoms with van der Waals surface area (Å²) >= 11 is 0. The van der Waals surface area contributed by atoms with E-state index >= 15 is 0 Å². The molecule has 1 spiro atoms. The highest BCUT2D eigenvalue weighted by atomic mass is 16.6. The lowest BCUT2D eigenvalue weighted by Crippen LogP contribution is -2.52. The average molecular weight is 406 g/mol. The molecule has 0 aromatic heterocycles. The Kier molecular flexibility index (Phi) is 5.11. The highest BCUT2D eigenvalue weighted by molar-refractivity contribution is 6.00. The van der Waals surface area contributed by atoms with Crippen molar-refractivity contribution in [3.8, 4) is 5.75 Å². The van der Waals surface area contributed by atoms with E-state index in [1.165, 1.54) is 18.2 Å². The van der Waals surface area contributed by atoms with Crippen molar-refractivity contribution in [3.05, 3.63) is 75.3 Å². The number of aryl methyl sites for hydroxylation is 1. The molecule has 7 heteroatoms. The van der Waals surface area contributed by atoms with Crippen LogP contribution in [0.5, 0.6) is 5.75 Å². The zero-order valence-corrected chi connectivity index (χ0v) is 16.7. The van der Waals surface area contributed by atoms with Crippen molar-refractivity contribution in [1.82, 2.24) is 4.90 Å². The number of rotatable bonds is 3. The Balaban J connectivity index is 1.38. The molecule has 2 aliphatic rings. The summed E-state index contributed by atoms with van der Waals surface area (Å²) in [5, 5.41) is 10.7. The Morgan fingerprint density at radius 1 is 1.17 bits per heavy atom. The van der Waals surface area contributed by atoms with Gasteiger partial charge in [-0.1, -0.05) is 11.6 Å². The number of likely N-dealkylation sites (tertiary alicyclic amines) is 1. The monoisotopic (exact) mass is 406 g/mol. The van der Waals surface area contributed by atoms with Crippen molar-refractivity contribution in [1.29, 1.82) is 0 Å². The van der Waals surface area contributed by atoms with E-state index in [1.54, 1.807) is 23.1 Å². The Morgan fingerprint density at radius 3 is 2.53 bits per heavy atom. The van der Waals surface area contributed by atoms with Gasteiger partial charge in [0.05, 0.1) is 16.9 Å². The van der Waals surface area contributed by atoms with Crippen molar-refractivity contribution < 1.29 is 19.2 Å². The predicted octanol–water partition coefficient (Wildman–Crippen LogP) is 3.94. The molecule has 0 bridgehead atoms. The molecular formula is C23H22N2O5. The molecule has 1 saturated heterocycles. The van der Waals surface area contributed by atoms with E-state index in [2.05, 4.69) is 0 Å².